The number of rotatable bonds is 8. The molecule has 6 nitrogen and oxygen atoms in total. The molecular weight excluding hydrogens is 306 g/mol. The first kappa shape index (κ1) is 18.0. The van der Waals surface area contributed by atoms with E-state index in [1.165, 1.54) is 0 Å². The third-order valence-corrected chi connectivity index (χ3v) is 3.71. The van der Waals surface area contributed by atoms with E-state index in [-0.39, 0.29) is 6.04 Å². The highest BCUT2D eigenvalue weighted by Gasteiger charge is 2.14. The average Bonchev–Trinajstić information content (AvgIpc) is 2.59. The second-order valence-corrected chi connectivity index (χ2v) is 5.55. The molecule has 24 heavy (non-hydrogen) atoms. The number of methoxy groups -OCH3 is 3. The second-order valence-electron chi connectivity index (χ2n) is 5.55. The van der Waals surface area contributed by atoms with Crippen LogP contribution in [0, 0.1) is 0 Å². The summed E-state index contributed by atoms with van der Waals surface area (Å²) in [5, 5.41) is 3.40. The predicted molar refractivity (Wildman–Crippen MR) is 95.4 cm³/mol. The van der Waals surface area contributed by atoms with Crippen LogP contribution >= 0.6 is 0 Å². The third-order valence-electron chi connectivity index (χ3n) is 3.71. The maximum absolute atomic E-state index is 5.79. The maximum Gasteiger partial charge on any atom is 0.128 e. The number of benzene rings is 1. The molecule has 1 aromatic carbocycles. The standard InChI is InChI=1S/C18H25N3O3/c1-12(11-22-2)20-10-13-8-17(24-4)14(9-16(13)23-3)15-6-5-7-18(19)21-15/h5-9,12,20H,10-11H2,1-4H3,(H2,19,21). The summed E-state index contributed by atoms with van der Waals surface area (Å²) in [5.74, 6) is 1.96. The summed E-state index contributed by atoms with van der Waals surface area (Å²) in [7, 11) is 4.98. The molecule has 3 N–H and O–H groups in total. The van der Waals surface area contributed by atoms with E-state index in [9.17, 15) is 0 Å². The van der Waals surface area contributed by atoms with E-state index in [0.717, 1.165) is 28.3 Å². The molecule has 0 aliphatic rings. The molecule has 1 unspecified atom stereocenters. The van der Waals surface area contributed by atoms with Gasteiger partial charge in [0.2, 0.25) is 0 Å². The maximum atomic E-state index is 5.79. The lowest BCUT2D eigenvalue weighted by Gasteiger charge is -2.17. The van der Waals surface area contributed by atoms with Gasteiger partial charge in [0.1, 0.15) is 17.3 Å². The Bertz CT molecular complexity index is 677. The van der Waals surface area contributed by atoms with Crippen LogP contribution in [0.4, 0.5) is 5.82 Å². The number of nitrogens with two attached hydrogens (primary N) is 1. The predicted octanol–water partition coefficient (Wildman–Crippen LogP) is 2.47. The molecule has 0 aliphatic heterocycles. The first-order chi connectivity index (χ1) is 11.6. The van der Waals surface area contributed by atoms with Gasteiger partial charge >= 0.3 is 0 Å². The van der Waals surface area contributed by atoms with E-state index in [2.05, 4.69) is 17.2 Å². The van der Waals surface area contributed by atoms with Crippen molar-refractivity contribution in [2.24, 2.45) is 0 Å². The van der Waals surface area contributed by atoms with Gasteiger partial charge in [-0.1, -0.05) is 6.07 Å². The van der Waals surface area contributed by atoms with Crippen LogP contribution in [-0.4, -0.2) is 39.0 Å². The van der Waals surface area contributed by atoms with Crippen LogP contribution in [-0.2, 0) is 11.3 Å². The Morgan fingerprint density at radius 1 is 1.12 bits per heavy atom. The zero-order valence-corrected chi connectivity index (χ0v) is 14.6. The molecule has 0 fully saturated rings. The minimum atomic E-state index is 0.237. The van der Waals surface area contributed by atoms with Crippen molar-refractivity contribution in [3.63, 3.8) is 0 Å². The van der Waals surface area contributed by atoms with Crippen molar-refractivity contribution < 1.29 is 14.2 Å². The Morgan fingerprint density at radius 3 is 2.50 bits per heavy atom. The van der Waals surface area contributed by atoms with Crippen LogP contribution in [0.2, 0.25) is 0 Å². The number of hydrogen-bond acceptors (Lipinski definition) is 6. The van der Waals surface area contributed by atoms with E-state index >= 15 is 0 Å². The average molecular weight is 331 g/mol. The summed E-state index contributed by atoms with van der Waals surface area (Å²) in [6, 6.07) is 9.64. The summed E-state index contributed by atoms with van der Waals surface area (Å²) < 4.78 is 16.2. The summed E-state index contributed by atoms with van der Waals surface area (Å²) >= 11 is 0. The molecule has 0 saturated heterocycles. The molecule has 0 spiro atoms. The molecule has 6 heteroatoms. The van der Waals surface area contributed by atoms with Crippen molar-refractivity contribution in [3.8, 4) is 22.8 Å². The van der Waals surface area contributed by atoms with Crippen molar-refractivity contribution in [3.05, 3.63) is 35.9 Å². The summed E-state index contributed by atoms with van der Waals surface area (Å²) in [5.41, 5.74) is 8.39. The summed E-state index contributed by atoms with van der Waals surface area (Å²) in [6.07, 6.45) is 0. The highest BCUT2D eigenvalue weighted by atomic mass is 16.5. The van der Waals surface area contributed by atoms with Gasteiger partial charge in [-0.3, -0.25) is 0 Å². The largest absolute Gasteiger partial charge is 0.496 e. The molecule has 0 aliphatic carbocycles. The highest BCUT2D eigenvalue weighted by Crippen LogP contribution is 2.35. The molecule has 1 atom stereocenters. The number of nitrogens with zero attached hydrogens (tertiary/aromatic N) is 1. The third kappa shape index (κ3) is 4.37. The molecule has 130 valence electrons. The van der Waals surface area contributed by atoms with Gasteiger partial charge in [0, 0.05) is 30.8 Å². The Kier molecular flexibility index (Phi) is 6.40. The molecule has 2 aromatic rings. The monoisotopic (exact) mass is 331 g/mol. The molecule has 0 saturated carbocycles. The van der Waals surface area contributed by atoms with E-state index < -0.39 is 0 Å². The molecule has 1 heterocycles. The lowest BCUT2D eigenvalue weighted by Crippen LogP contribution is -2.29. The fourth-order valence-corrected chi connectivity index (χ4v) is 2.49. The van der Waals surface area contributed by atoms with Gasteiger partial charge < -0.3 is 25.3 Å². The van der Waals surface area contributed by atoms with Crippen LogP contribution in [0.1, 0.15) is 12.5 Å². The first-order valence-corrected chi connectivity index (χ1v) is 7.79. The van der Waals surface area contributed by atoms with E-state index in [0.29, 0.717) is 19.0 Å². The number of ether oxygens (including phenoxy) is 3. The van der Waals surface area contributed by atoms with Gasteiger partial charge in [-0.25, -0.2) is 4.98 Å². The normalized spacial score (nSPS) is 12.0. The number of pyridine rings is 1. The van der Waals surface area contributed by atoms with Gasteiger partial charge in [-0.15, -0.1) is 0 Å². The Morgan fingerprint density at radius 2 is 1.88 bits per heavy atom. The second kappa shape index (κ2) is 8.52. The van der Waals surface area contributed by atoms with E-state index in [1.807, 2.05) is 24.3 Å². The number of nitrogen functional groups attached to an aromatic ring is 1. The fraction of sp³-hybridized carbons (Fsp3) is 0.389. The lowest BCUT2D eigenvalue weighted by molar-refractivity contribution is 0.171. The number of hydrogen-bond donors (Lipinski definition) is 2. The van der Waals surface area contributed by atoms with Crippen molar-refractivity contribution in [2.45, 2.75) is 19.5 Å². The van der Waals surface area contributed by atoms with Crippen LogP contribution in [0.25, 0.3) is 11.3 Å². The van der Waals surface area contributed by atoms with Crippen molar-refractivity contribution in [2.75, 3.05) is 33.7 Å². The number of aromatic nitrogens is 1. The minimum absolute atomic E-state index is 0.237. The topological polar surface area (TPSA) is 78.6 Å². The smallest absolute Gasteiger partial charge is 0.128 e. The molecule has 1 aromatic heterocycles. The molecule has 0 radical (unpaired) electrons. The van der Waals surface area contributed by atoms with Crippen molar-refractivity contribution in [1.29, 1.82) is 0 Å². The summed E-state index contributed by atoms with van der Waals surface area (Å²) in [4.78, 5) is 4.37. The van der Waals surface area contributed by atoms with Gasteiger partial charge in [0.05, 0.1) is 26.5 Å². The molecular formula is C18H25N3O3. The van der Waals surface area contributed by atoms with Crippen molar-refractivity contribution in [1.82, 2.24) is 10.3 Å². The Balaban J connectivity index is 2.34. The number of anilines is 1. The van der Waals surface area contributed by atoms with Crippen LogP contribution < -0.4 is 20.5 Å². The SMILES string of the molecule is COCC(C)NCc1cc(OC)c(-c2cccc(N)n2)cc1OC. The van der Waals surface area contributed by atoms with Gasteiger partial charge in [0.25, 0.3) is 0 Å². The van der Waals surface area contributed by atoms with Crippen LogP contribution in [0.5, 0.6) is 11.5 Å². The van der Waals surface area contributed by atoms with Gasteiger partial charge in [-0.05, 0) is 31.2 Å². The zero-order chi connectivity index (χ0) is 17.5. The highest BCUT2D eigenvalue weighted by molar-refractivity contribution is 5.71. The number of nitrogens with one attached hydrogen (secondary N) is 1. The van der Waals surface area contributed by atoms with Crippen LogP contribution in [0.3, 0.4) is 0 Å². The molecule has 0 amide bonds. The molecule has 0 bridgehead atoms. The minimum Gasteiger partial charge on any atom is -0.496 e. The van der Waals surface area contributed by atoms with Gasteiger partial charge in [0.15, 0.2) is 0 Å². The Hall–Kier alpha value is -2.31. The summed E-state index contributed by atoms with van der Waals surface area (Å²) in [6.45, 7) is 3.36. The van der Waals surface area contributed by atoms with Crippen molar-refractivity contribution >= 4 is 5.82 Å². The van der Waals surface area contributed by atoms with E-state index in [1.54, 1.807) is 27.4 Å². The van der Waals surface area contributed by atoms with E-state index in [4.69, 9.17) is 19.9 Å². The first-order valence-electron chi connectivity index (χ1n) is 7.79. The lowest BCUT2D eigenvalue weighted by atomic mass is 10.0. The Labute approximate surface area is 142 Å². The zero-order valence-electron chi connectivity index (χ0n) is 14.6. The van der Waals surface area contributed by atoms with Gasteiger partial charge in [-0.2, -0.15) is 0 Å². The fourth-order valence-electron chi connectivity index (χ4n) is 2.49. The van der Waals surface area contributed by atoms with Crippen LogP contribution in [0.15, 0.2) is 30.3 Å². The quantitative estimate of drug-likeness (QED) is 0.774. The molecule has 2 rings (SSSR count).